The maximum absolute atomic E-state index is 13.3. The average molecular weight is 439 g/mol. The van der Waals surface area contributed by atoms with E-state index in [4.69, 9.17) is 9.57 Å². The second kappa shape index (κ2) is 8.53. The minimum atomic E-state index is -4.62. The molecule has 29 heavy (non-hydrogen) atoms. The van der Waals surface area contributed by atoms with Crippen molar-refractivity contribution in [1.29, 1.82) is 0 Å². The van der Waals surface area contributed by atoms with Gasteiger partial charge >= 0.3 is 5.51 Å². The molecule has 2 aliphatic rings. The molecule has 3 rings (SSSR count). The van der Waals surface area contributed by atoms with Crippen LogP contribution in [0.1, 0.15) is 18.4 Å². The van der Waals surface area contributed by atoms with E-state index in [0.717, 1.165) is 12.1 Å². The number of amides is 2. The topological polar surface area (TPSA) is 89.0 Å². The van der Waals surface area contributed by atoms with Crippen molar-refractivity contribution in [2.45, 2.75) is 36.6 Å². The van der Waals surface area contributed by atoms with Gasteiger partial charge in [0, 0.05) is 24.5 Å². The number of hydrogen-bond acceptors (Lipinski definition) is 6. The molecule has 0 aliphatic carbocycles. The lowest BCUT2D eigenvalue weighted by atomic mass is 10.0. The molecule has 2 amide bonds. The molecule has 2 aliphatic heterocycles. The second-order valence-corrected chi connectivity index (χ2v) is 7.14. The van der Waals surface area contributed by atoms with Crippen LogP contribution in [0, 0.1) is 11.6 Å². The number of carbonyl (C=O) groups is 2. The Morgan fingerprint density at radius 1 is 1.10 bits per heavy atom. The van der Waals surface area contributed by atoms with Gasteiger partial charge in [0.2, 0.25) is 6.10 Å². The summed E-state index contributed by atoms with van der Waals surface area (Å²) in [5.74, 6) is -3.15. The first-order valence-corrected chi connectivity index (χ1v) is 9.08. The molecule has 1 fully saturated rings. The van der Waals surface area contributed by atoms with Gasteiger partial charge in [0.15, 0.2) is 0 Å². The largest absolute Gasteiger partial charge is 0.461 e. The molecule has 1 aromatic rings. The number of carbonyl (C=O) groups excluding carboxylic acids is 2. The predicted octanol–water partition coefficient (Wildman–Crippen LogP) is 2.02. The van der Waals surface area contributed by atoms with Crippen LogP contribution in [0.4, 0.5) is 22.0 Å². The minimum Gasteiger partial charge on any atom is -0.382 e. The molecule has 0 bridgehead atoms. The molecule has 2 heterocycles. The molecule has 2 N–H and O–H groups in total. The van der Waals surface area contributed by atoms with E-state index in [-0.39, 0.29) is 30.7 Å². The van der Waals surface area contributed by atoms with Crippen molar-refractivity contribution >= 4 is 29.5 Å². The zero-order valence-electron chi connectivity index (χ0n) is 14.5. The first kappa shape index (κ1) is 21.3. The molecular weight excluding hydrogens is 425 g/mol. The number of nitrogens with zero attached hydrogens (tertiary/aromatic N) is 1. The van der Waals surface area contributed by atoms with E-state index < -0.39 is 59.2 Å². The third-order valence-electron chi connectivity index (χ3n) is 4.06. The molecule has 0 radical (unpaired) electrons. The van der Waals surface area contributed by atoms with E-state index in [2.05, 4.69) is 10.5 Å². The number of nitrogens with one attached hydrogen (secondary N) is 2. The lowest BCUT2D eigenvalue weighted by Crippen LogP contribution is -2.42. The van der Waals surface area contributed by atoms with Gasteiger partial charge in [0.1, 0.15) is 17.7 Å². The van der Waals surface area contributed by atoms with Gasteiger partial charge in [0.25, 0.3) is 11.8 Å². The third-order valence-corrected chi connectivity index (χ3v) is 4.60. The van der Waals surface area contributed by atoms with Gasteiger partial charge in [-0.2, -0.15) is 13.2 Å². The van der Waals surface area contributed by atoms with Gasteiger partial charge in [-0.05, 0) is 12.1 Å². The van der Waals surface area contributed by atoms with E-state index in [1.807, 2.05) is 0 Å². The third kappa shape index (κ3) is 5.79. The summed E-state index contributed by atoms with van der Waals surface area (Å²) in [6.45, 7) is -0.0734. The molecule has 3 atom stereocenters. The molecule has 0 aromatic heterocycles. The molecular formula is C16H14F5N3O4S. The van der Waals surface area contributed by atoms with Crippen LogP contribution >= 0.6 is 11.9 Å². The van der Waals surface area contributed by atoms with E-state index in [9.17, 15) is 31.5 Å². The van der Waals surface area contributed by atoms with Crippen LogP contribution in [-0.4, -0.2) is 47.9 Å². The smallest absolute Gasteiger partial charge is 0.382 e. The zero-order valence-corrected chi connectivity index (χ0v) is 15.3. The van der Waals surface area contributed by atoms with Crippen molar-refractivity contribution in [2.24, 2.45) is 5.16 Å². The molecule has 0 saturated carbocycles. The highest BCUT2D eigenvalue weighted by Gasteiger charge is 2.37. The second-order valence-electron chi connectivity index (χ2n) is 6.27. The molecule has 158 valence electrons. The van der Waals surface area contributed by atoms with Gasteiger partial charge < -0.3 is 14.9 Å². The van der Waals surface area contributed by atoms with Crippen LogP contribution in [0.2, 0.25) is 0 Å². The van der Waals surface area contributed by atoms with Crippen LogP contribution in [-0.2, 0) is 19.2 Å². The van der Waals surface area contributed by atoms with E-state index in [1.54, 1.807) is 4.72 Å². The fourth-order valence-electron chi connectivity index (χ4n) is 2.79. The monoisotopic (exact) mass is 439 g/mol. The van der Waals surface area contributed by atoms with Gasteiger partial charge in [-0.1, -0.05) is 5.16 Å². The summed E-state index contributed by atoms with van der Waals surface area (Å²) in [6, 6.07) is 2.19. The van der Waals surface area contributed by atoms with Crippen molar-refractivity contribution in [3.8, 4) is 0 Å². The van der Waals surface area contributed by atoms with Crippen LogP contribution in [0.5, 0.6) is 0 Å². The Bertz CT molecular complexity index is 815. The lowest BCUT2D eigenvalue weighted by Gasteiger charge is -2.14. The van der Waals surface area contributed by atoms with Crippen molar-refractivity contribution in [3.63, 3.8) is 0 Å². The van der Waals surface area contributed by atoms with E-state index in [1.165, 1.54) is 0 Å². The van der Waals surface area contributed by atoms with Crippen molar-refractivity contribution in [2.75, 3.05) is 6.61 Å². The Kier molecular flexibility index (Phi) is 6.27. The Balaban J connectivity index is 1.47. The van der Waals surface area contributed by atoms with Crippen LogP contribution in [0.15, 0.2) is 23.4 Å². The Morgan fingerprint density at radius 3 is 2.45 bits per heavy atom. The number of ether oxygens (including phenoxy) is 1. The summed E-state index contributed by atoms with van der Waals surface area (Å²) in [7, 11) is 0. The number of alkyl halides is 3. The van der Waals surface area contributed by atoms with Crippen LogP contribution < -0.4 is 10.0 Å². The highest BCUT2D eigenvalue weighted by atomic mass is 32.2. The Morgan fingerprint density at radius 2 is 1.79 bits per heavy atom. The summed E-state index contributed by atoms with van der Waals surface area (Å²) < 4.78 is 69.7. The first-order chi connectivity index (χ1) is 13.6. The van der Waals surface area contributed by atoms with Gasteiger partial charge in [0.05, 0.1) is 30.3 Å². The molecule has 1 saturated heterocycles. The average Bonchev–Trinajstić information content (AvgIpc) is 3.28. The highest BCUT2D eigenvalue weighted by molar-refractivity contribution is 7.98. The highest BCUT2D eigenvalue weighted by Crippen LogP contribution is 2.28. The summed E-state index contributed by atoms with van der Waals surface area (Å²) in [5.41, 5.74) is -4.29. The molecule has 13 heteroatoms. The molecule has 0 spiro atoms. The maximum Gasteiger partial charge on any atom is 0.461 e. The van der Waals surface area contributed by atoms with Crippen molar-refractivity contribution in [1.82, 2.24) is 10.0 Å². The molecule has 7 nitrogen and oxygen atoms in total. The zero-order chi connectivity index (χ0) is 21.2. The predicted molar refractivity (Wildman–Crippen MR) is 90.5 cm³/mol. The van der Waals surface area contributed by atoms with Crippen molar-refractivity contribution in [3.05, 3.63) is 35.4 Å². The fraction of sp³-hybridized carbons (Fsp3) is 0.438. The first-order valence-electron chi connectivity index (χ1n) is 8.26. The molecule has 1 aromatic carbocycles. The molecule has 1 unspecified atom stereocenters. The number of oxime groups is 1. The van der Waals surface area contributed by atoms with Crippen LogP contribution in [0.25, 0.3) is 0 Å². The van der Waals surface area contributed by atoms with Gasteiger partial charge in [-0.15, -0.1) is 0 Å². The van der Waals surface area contributed by atoms with E-state index >= 15 is 0 Å². The Labute approximate surface area is 165 Å². The summed E-state index contributed by atoms with van der Waals surface area (Å²) in [4.78, 5) is 28.9. The van der Waals surface area contributed by atoms with Gasteiger partial charge in [-0.25, -0.2) is 8.78 Å². The Hall–Kier alpha value is -2.41. The normalized spacial score (nSPS) is 24.0. The lowest BCUT2D eigenvalue weighted by molar-refractivity contribution is -0.132. The summed E-state index contributed by atoms with van der Waals surface area (Å²) in [5, 5.41) is 6.23. The quantitative estimate of drug-likeness (QED) is 0.542. The van der Waals surface area contributed by atoms with Crippen molar-refractivity contribution < 1.29 is 41.1 Å². The standard InChI is InChI=1S/C16H14F5N3O4S/c17-8-1-7(2-9(18)3-8)11-5-13(28-23-11)14(25)22-10-4-12(27-6-10)15(26)24-29-16(19,20)21/h1-3,10,12-13H,4-6H2,(H,22,25)(H,24,26)/t10-,12-,13?/m1/s1. The van der Waals surface area contributed by atoms with E-state index in [0.29, 0.717) is 6.07 Å². The number of hydrogen-bond donors (Lipinski definition) is 2. The maximum atomic E-state index is 13.3. The number of halogens is 5. The fourth-order valence-corrected chi connectivity index (χ4v) is 3.13. The van der Waals surface area contributed by atoms with Crippen LogP contribution in [0.3, 0.4) is 0 Å². The van der Waals surface area contributed by atoms with Gasteiger partial charge in [-0.3, -0.25) is 14.3 Å². The number of rotatable bonds is 5. The minimum absolute atomic E-state index is 0.0223. The summed E-state index contributed by atoms with van der Waals surface area (Å²) >= 11 is -0.691. The number of benzene rings is 1. The SMILES string of the molecule is O=C(N[C@H]1CO[C@@H](C(=O)NSC(F)(F)F)C1)C1CC(c2cc(F)cc(F)c2)=NO1. The summed E-state index contributed by atoms with van der Waals surface area (Å²) in [6.07, 6.45) is -2.24.